The minimum absolute atomic E-state index is 0.0599. The number of hydrogen-bond acceptors (Lipinski definition) is 4. The molecule has 0 saturated heterocycles. The fraction of sp³-hybridized carbons (Fsp3) is 0. The third kappa shape index (κ3) is 3.99. The van der Waals surface area contributed by atoms with Gasteiger partial charge in [0.1, 0.15) is 11.5 Å². The molecule has 7 nitrogen and oxygen atoms in total. The van der Waals surface area contributed by atoms with E-state index in [0.717, 1.165) is 116 Å². The highest BCUT2D eigenvalue weighted by Crippen LogP contribution is 2.41. The number of nitrogens with zero attached hydrogens (tertiary/aromatic N) is 3. The molecule has 0 bridgehead atoms. The number of benzene rings is 9. The van der Waals surface area contributed by atoms with Crippen LogP contribution in [0.25, 0.3) is 93.2 Å². The zero-order chi connectivity index (χ0) is 43.3. The second-order valence-electron chi connectivity index (χ2n) is 18.1. The Balaban J connectivity index is 0.977. The fourth-order valence-corrected chi connectivity index (χ4v) is 12.6. The van der Waals surface area contributed by atoms with Crippen molar-refractivity contribution < 1.29 is 4.74 Å². The highest BCUT2D eigenvalue weighted by molar-refractivity contribution is 7.00. The van der Waals surface area contributed by atoms with Crippen molar-refractivity contribution in [2.75, 3.05) is 0 Å². The third-order valence-corrected chi connectivity index (χ3v) is 15.1. The normalized spacial score (nSPS) is 13.4. The van der Waals surface area contributed by atoms with E-state index in [9.17, 15) is 9.59 Å². The maximum absolute atomic E-state index is 15.3. The zero-order valence-corrected chi connectivity index (χ0v) is 34.9. The summed E-state index contributed by atoms with van der Waals surface area (Å²) in [7, 11) is 0. The Hall–Kier alpha value is -8.68. The lowest BCUT2D eigenvalue weighted by molar-refractivity contribution is 0.489. The maximum Gasteiger partial charge on any atom is 0.263 e. The van der Waals surface area contributed by atoms with Crippen LogP contribution in [0.5, 0.6) is 11.5 Å². The Morgan fingerprint density at radius 2 is 0.833 bits per heavy atom. The highest BCUT2D eigenvalue weighted by Gasteiger charge is 2.43. The first-order chi connectivity index (χ1) is 32.5. The van der Waals surface area contributed by atoms with Gasteiger partial charge in [-0.3, -0.25) is 28.1 Å². The Bertz CT molecular complexity index is 4550. The van der Waals surface area contributed by atoms with Crippen LogP contribution in [0.4, 0.5) is 0 Å². The molecule has 7 heterocycles. The van der Waals surface area contributed by atoms with Gasteiger partial charge in [0, 0.05) is 54.9 Å². The molecule has 16 rings (SSSR count). The zero-order valence-electron chi connectivity index (χ0n) is 34.9. The summed E-state index contributed by atoms with van der Waals surface area (Å²) in [6.07, 6.45) is 0. The summed E-state index contributed by atoms with van der Waals surface area (Å²) in [5.41, 5.74) is 12.7. The summed E-state index contributed by atoms with van der Waals surface area (Å²) in [6.45, 7) is -0.394. The van der Waals surface area contributed by atoms with Crippen molar-refractivity contribution in [2.45, 2.75) is 0 Å². The number of ether oxygens (including phenoxy) is 1. The molecular formula is C57H29B2N3O4. The van der Waals surface area contributed by atoms with Gasteiger partial charge in [-0.1, -0.05) is 121 Å². The van der Waals surface area contributed by atoms with Crippen molar-refractivity contribution in [3.8, 4) is 39.7 Å². The summed E-state index contributed by atoms with van der Waals surface area (Å²) in [5.74, 6) is 1.48. The van der Waals surface area contributed by atoms with Crippen LogP contribution in [0.2, 0.25) is 0 Å². The van der Waals surface area contributed by atoms with Crippen molar-refractivity contribution in [2.24, 2.45) is 0 Å². The van der Waals surface area contributed by atoms with Gasteiger partial charge in [0.2, 0.25) is 0 Å². The van der Waals surface area contributed by atoms with Gasteiger partial charge in [-0.05, 0) is 109 Å². The standard InChI is InChI=1S/C57H29B2N3O4/c63-55-38-14-4-2-12-33(38)36-26-28-46-49-53(36)60(55)45-21-7-5-17-41(45)58(49)43-19-10-16-35-40-29-30(23-24-39(40)57(65)61(46)52(35)43)31-25-27-47-50-54(31)66-48-22-8-6-18-42(48)59(50)44-20-9-15-34-32-11-1-3-13-37(32)56(64)62(47)51(34)44/h1-29H. The van der Waals surface area contributed by atoms with E-state index < -0.39 is 0 Å². The fourth-order valence-electron chi connectivity index (χ4n) is 12.6. The Kier molecular flexibility index (Phi) is 6.27. The van der Waals surface area contributed by atoms with E-state index in [1.165, 1.54) is 0 Å². The molecule has 0 N–H and O–H groups in total. The molecule has 4 aliphatic rings. The molecule has 0 radical (unpaired) electrons. The molecule has 302 valence electrons. The van der Waals surface area contributed by atoms with Gasteiger partial charge >= 0.3 is 0 Å². The van der Waals surface area contributed by atoms with E-state index in [1.807, 2.05) is 105 Å². The van der Waals surface area contributed by atoms with Crippen LogP contribution < -0.4 is 54.2 Å². The van der Waals surface area contributed by atoms with Crippen LogP contribution in [-0.4, -0.2) is 27.1 Å². The van der Waals surface area contributed by atoms with Crippen molar-refractivity contribution in [3.05, 3.63) is 207 Å². The first kappa shape index (κ1) is 34.8. The third-order valence-electron chi connectivity index (χ3n) is 15.1. The number of rotatable bonds is 1. The van der Waals surface area contributed by atoms with Crippen LogP contribution in [-0.2, 0) is 0 Å². The van der Waals surface area contributed by atoms with Gasteiger partial charge in [0.05, 0.1) is 16.6 Å². The molecule has 9 aromatic carbocycles. The summed E-state index contributed by atoms with van der Waals surface area (Å²) in [4.78, 5) is 44.5. The average Bonchev–Trinajstić information content (AvgIpc) is 3.37. The summed E-state index contributed by atoms with van der Waals surface area (Å²) >= 11 is 0. The van der Waals surface area contributed by atoms with Crippen LogP contribution in [0, 0.1) is 0 Å². The molecule has 0 atom stereocenters. The molecule has 0 saturated carbocycles. The molecule has 66 heavy (non-hydrogen) atoms. The van der Waals surface area contributed by atoms with E-state index in [4.69, 9.17) is 4.74 Å². The van der Waals surface area contributed by atoms with Crippen molar-refractivity contribution in [3.63, 3.8) is 0 Å². The average molecular weight is 841 g/mol. The second kappa shape index (κ2) is 11.9. The SMILES string of the molecule is O=c1c2ccccc2c2cccc3c2n1-c1ccc(-c2ccc4c(=O)n5c6c(cccc6c4c2)B2c4ccccc4-n4c(=O)c6ccccc6c6ccc-5c2c64)c2c1B3c1ccccc1O2. The van der Waals surface area contributed by atoms with Crippen LogP contribution in [0.3, 0.4) is 0 Å². The van der Waals surface area contributed by atoms with E-state index >= 15 is 4.79 Å². The first-order valence-corrected chi connectivity index (χ1v) is 22.4. The number of fused-ring (bicyclic) bond motifs is 15. The second-order valence-corrected chi connectivity index (χ2v) is 18.1. The number of hydrogen-bond donors (Lipinski definition) is 0. The van der Waals surface area contributed by atoms with Crippen LogP contribution >= 0.6 is 0 Å². The molecule has 0 aliphatic carbocycles. The number of para-hydroxylation sites is 4. The minimum atomic E-state index is -0.215. The van der Waals surface area contributed by atoms with Crippen LogP contribution in [0.15, 0.2) is 190 Å². The summed E-state index contributed by atoms with van der Waals surface area (Å²) < 4.78 is 12.7. The summed E-state index contributed by atoms with van der Waals surface area (Å²) in [5, 5.41) is 7.61. The van der Waals surface area contributed by atoms with Crippen LogP contribution in [0.1, 0.15) is 0 Å². The molecule has 0 spiro atoms. The van der Waals surface area contributed by atoms with Crippen molar-refractivity contribution in [1.82, 2.24) is 13.7 Å². The van der Waals surface area contributed by atoms with Crippen molar-refractivity contribution in [1.29, 1.82) is 0 Å². The van der Waals surface area contributed by atoms with Gasteiger partial charge in [-0.25, -0.2) is 0 Å². The molecule has 4 aliphatic heterocycles. The molecule has 12 aromatic rings. The molecule has 9 heteroatoms. The molecular weight excluding hydrogens is 812 g/mol. The molecule has 3 aromatic heterocycles. The van der Waals surface area contributed by atoms with E-state index in [2.05, 4.69) is 84.9 Å². The molecule has 0 unspecified atom stereocenters. The lowest BCUT2D eigenvalue weighted by Crippen LogP contribution is -2.61. The predicted molar refractivity (Wildman–Crippen MR) is 270 cm³/mol. The Morgan fingerprint density at radius 1 is 0.348 bits per heavy atom. The largest absolute Gasteiger partial charge is 0.458 e. The van der Waals surface area contributed by atoms with Gasteiger partial charge in [-0.2, -0.15) is 0 Å². The van der Waals surface area contributed by atoms with Gasteiger partial charge in [-0.15, -0.1) is 0 Å². The van der Waals surface area contributed by atoms with E-state index in [0.29, 0.717) is 21.9 Å². The number of pyridine rings is 3. The van der Waals surface area contributed by atoms with Gasteiger partial charge in [0.25, 0.3) is 30.1 Å². The molecule has 0 amide bonds. The Labute approximate surface area is 374 Å². The predicted octanol–water partition coefficient (Wildman–Crippen LogP) is 6.80. The molecule has 0 fully saturated rings. The lowest BCUT2D eigenvalue weighted by Gasteiger charge is -2.35. The first-order valence-electron chi connectivity index (χ1n) is 22.4. The quantitative estimate of drug-likeness (QED) is 0.135. The monoisotopic (exact) mass is 841 g/mol. The van der Waals surface area contributed by atoms with E-state index in [1.54, 1.807) is 0 Å². The Morgan fingerprint density at radius 3 is 1.55 bits per heavy atom. The minimum Gasteiger partial charge on any atom is -0.458 e. The highest BCUT2D eigenvalue weighted by atomic mass is 16.5. The van der Waals surface area contributed by atoms with Gasteiger partial charge in [0.15, 0.2) is 0 Å². The van der Waals surface area contributed by atoms with Crippen molar-refractivity contribution >= 4 is 111 Å². The van der Waals surface area contributed by atoms with Gasteiger partial charge < -0.3 is 4.74 Å². The smallest absolute Gasteiger partial charge is 0.263 e. The van der Waals surface area contributed by atoms with E-state index in [-0.39, 0.29) is 30.1 Å². The maximum atomic E-state index is 15.3. The lowest BCUT2D eigenvalue weighted by atomic mass is 9.34. The summed E-state index contributed by atoms with van der Waals surface area (Å²) in [6, 6.07) is 59.3. The topological polar surface area (TPSA) is 75.2 Å². The number of aromatic nitrogens is 3.